The third-order valence-corrected chi connectivity index (χ3v) is 6.02. The van der Waals surface area contributed by atoms with Crippen LogP contribution in [0.15, 0.2) is 65.6 Å². The van der Waals surface area contributed by atoms with Crippen molar-refractivity contribution in [2.24, 2.45) is 0 Å². The van der Waals surface area contributed by atoms with Crippen molar-refractivity contribution in [3.05, 3.63) is 77.4 Å². The van der Waals surface area contributed by atoms with Gasteiger partial charge in [-0.15, -0.1) is 11.8 Å². The van der Waals surface area contributed by atoms with E-state index in [1.807, 2.05) is 37.3 Å². The number of thioether (sulfide) groups is 1. The summed E-state index contributed by atoms with van der Waals surface area (Å²) in [7, 11) is 0. The zero-order valence-corrected chi connectivity index (χ0v) is 18.3. The second kappa shape index (κ2) is 9.19. The number of aromatic nitrogens is 2. The summed E-state index contributed by atoms with van der Waals surface area (Å²) >= 11 is 1.59. The molecular weight excluding hydrogens is 453 g/mol. The van der Waals surface area contributed by atoms with Gasteiger partial charge in [0.15, 0.2) is 6.61 Å². The van der Waals surface area contributed by atoms with Crippen LogP contribution in [0.25, 0.3) is 22.4 Å². The highest BCUT2D eigenvalue weighted by atomic mass is 32.2. The number of halogens is 3. The van der Waals surface area contributed by atoms with Crippen molar-refractivity contribution in [1.29, 1.82) is 0 Å². The number of benzene rings is 3. The minimum absolute atomic E-state index is 0.393. The number of hydrogen-bond acceptors (Lipinski definition) is 4. The molecule has 3 aromatic carbocycles. The van der Waals surface area contributed by atoms with E-state index >= 15 is 0 Å². The molecular formula is C24H19F3N2O3S. The van der Waals surface area contributed by atoms with Gasteiger partial charge in [-0.25, -0.2) is 9.78 Å². The van der Waals surface area contributed by atoms with Gasteiger partial charge in [-0.05, 0) is 54.4 Å². The van der Waals surface area contributed by atoms with Crippen LogP contribution in [0.3, 0.4) is 0 Å². The number of carboxylic acids is 1. The van der Waals surface area contributed by atoms with E-state index < -0.39 is 24.3 Å². The fourth-order valence-corrected chi connectivity index (χ4v) is 4.32. The lowest BCUT2D eigenvalue weighted by atomic mass is 10.1. The Morgan fingerprint density at radius 3 is 2.55 bits per heavy atom. The van der Waals surface area contributed by atoms with Gasteiger partial charge in [0.25, 0.3) is 0 Å². The van der Waals surface area contributed by atoms with Crippen molar-refractivity contribution < 1.29 is 27.8 Å². The number of aryl methyl sites for hydroxylation is 1. The van der Waals surface area contributed by atoms with Gasteiger partial charge in [-0.2, -0.15) is 13.2 Å². The van der Waals surface area contributed by atoms with Crippen molar-refractivity contribution >= 4 is 28.8 Å². The van der Waals surface area contributed by atoms with Crippen LogP contribution in [0.1, 0.15) is 16.7 Å². The number of aliphatic carboxylic acids is 1. The first-order valence-electron chi connectivity index (χ1n) is 9.94. The number of nitrogens with one attached hydrogen (secondary N) is 1. The normalized spacial score (nSPS) is 11.6. The van der Waals surface area contributed by atoms with E-state index in [0.29, 0.717) is 22.9 Å². The minimum atomic E-state index is -4.38. The van der Waals surface area contributed by atoms with Crippen LogP contribution < -0.4 is 4.74 Å². The summed E-state index contributed by atoms with van der Waals surface area (Å²) in [5.74, 6) is 0.628. The number of para-hydroxylation sites is 1. The molecule has 0 aliphatic carbocycles. The predicted molar refractivity (Wildman–Crippen MR) is 120 cm³/mol. The molecule has 1 heterocycles. The van der Waals surface area contributed by atoms with Gasteiger partial charge in [0.1, 0.15) is 11.6 Å². The van der Waals surface area contributed by atoms with E-state index in [-0.39, 0.29) is 0 Å². The van der Waals surface area contributed by atoms with E-state index in [2.05, 4.69) is 9.97 Å². The van der Waals surface area contributed by atoms with E-state index in [0.717, 1.165) is 39.2 Å². The minimum Gasteiger partial charge on any atom is -0.482 e. The number of H-pyrrole nitrogens is 1. The molecule has 1 aromatic heterocycles. The van der Waals surface area contributed by atoms with Crippen molar-refractivity contribution in [2.75, 3.05) is 6.61 Å². The van der Waals surface area contributed by atoms with Crippen molar-refractivity contribution in [1.82, 2.24) is 9.97 Å². The Morgan fingerprint density at radius 1 is 1.12 bits per heavy atom. The zero-order chi connectivity index (χ0) is 23.6. The van der Waals surface area contributed by atoms with Crippen LogP contribution in [-0.2, 0) is 16.7 Å². The van der Waals surface area contributed by atoms with E-state index in [4.69, 9.17) is 9.84 Å². The Balaban J connectivity index is 1.52. The van der Waals surface area contributed by atoms with E-state index in [9.17, 15) is 18.0 Å². The van der Waals surface area contributed by atoms with Gasteiger partial charge in [0.05, 0.1) is 16.6 Å². The van der Waals surface area contributed by atoms with Gasteiger partial charge < -0.3 is 14.8 Å². The van der Waals surface area contributed by atoms with E-state index in [1.165, 1.54) is 12.1 Å². The van der Waals surface area contributed by atoms with E-state index in [1.54, 1.807) is 17.8 Å². The first-order chi connectivity index (χ1) is 15.7. The first kappa shape index (κ1) is 22.7. The summed E-state index contributed by atoms with van der Waals surface area (Å²) < 4.78 is 43.7. The van der Waals surface area contributed by atoms with Crippen molar-refractivity contribution in [3.8, 4) is 17.1 Å². The first-order valence-corrected chi connectivity index (χ1v) is 10.9. The number of carbonyl (C=O) groups is 1. The molecule has 2 N–H and O–H groups in total. The van der Waals surface area contributed by atoms with Gasteiger partial charge >= 0.3 is 12.1 Å². The maximum atomic E-state index is 12.8. The Hall–Kier alpha value is -3.46. The molecule has 4 rings (SSSR count). The van der Waals surface area contributed by atoms with Crippen LogP contribution in [0, 0.1) is 6.92 Å². The Morgan fingerprint density at radius 2 is 1.88 bits per heavy atom. The molecule has 0 spiro atoms. The summed E-state index contributed by atoms with van der Waals surface area (Å²) in [5, 5.41) is 8.75. The standard InChI is InChI=1S/C24H19F3N2O3S/c1-14-11-18(9-10-20(14)32-12-21(30)31)33-13-16-3-2-4-19-22(16)29-23(28-19)15-5-7-17(8-6-15)24(25,26)27/h2-11H,12-13H2,1H3,(H,28,29)(H,30,31). The number of fused-ring (bicyclic) bond motifs is 1. The molecule has 5 nitrogen and oxygen atoms in total. The molecule has 0 radical (unpaired) electrons. The number of carboxylic acid groups (broad SMARTS) is 1. The van der Waals surface area contributed by atoms with Crippen LogP contribution in [0.4, 0.5) is 13.2 Å². The number of rotatable bonds is 7. The predicted octanol–water partition coefficient (Wildman–Crippen LogP) is 6.31. The lowest BCUT2D eigenvalue weighted by molar-refractivity contribution is -0.139. The number of imidazole rings is 1. The summed E-state index contributed by atoms with van der Waals surface area (Å²) in [4.78, 5) is 19.5. The van der Waals surface area contributed by atoms with Gasteiger partial charge in [0, 0.05) is 16.2 Å². The monoisotopic (exact) mass is 472 g/mol. The zero-order valence-electron chi connectivity index (χ0n) is 17.4. The molecule has 0 fully saturated rings. The molecule has 0 bridgehead atoms. The molecule has 33 heavy (non-hydrogen) atoms. The topological polar surface area (TPSA) is 75.2 Å². The molecule has 0 aliphatic rings. The quantitative estimate of drug-likeness (QED) is 0.308. The highest BCUT2D eigenvalue weighted by Gasteiger charge is 2.30. The molecule has 0 amide bonds. The SMILES string of the molecule is Cc1cc(SCc2cccc3[nH]c(-c4ccc(C(F)(F)F)cc4)nc23)ccc1OCC(=O)O. The highest BCUT2D eigenvalue weighted by Crippen LogP contribution is 2.33. The molecule has 9 heteroatoms. The number of hydrogen-bond donors (Lipinski definition) is 2. The van der Waals surface area contributed by atoms with Crippen LogP contribution in [0.2, 0.25) is 0 Å². The van der Waals surface area contributed by atoms with Crippen LogP contribution in [-0.4, -0.2) is 27.7 Å². The number of aromatic amines is 1. The Kier molecular flexibility index (Phi) is 6.33. The summed E-state index contributed by atoms with van der Waals surface area (Å²) in [5.41, 5.74) is 3.26. The second-order valence-corrected chi connectivity index (χ2v) is 8.42. The molecule has 0 atom stereocenters. The smallest absolute Gasteiger partial charge is 0.416 e. The van der Waals surface area contributed by atoms with Crippen LogP contribution in [0.5, 0.6) is 5.75 Å². The summed E-state index contributed by atoms with van der Waals surface area (Å²) in [6, 6.07) is 16.2. The van der Waals surface area contributed by atoms with Gasteiger partial charge in [-0.3, -0.25) is 0 Å². The third-order valence-electron chi connectivity index (χ3n) is 4.97. The lowest BCUT2D eigenvalue weighted by Crippen LogP contribution is -2.09. The fourth-order valence-electron chi connectivity index (χ4n) is 3.34. The Bertz CT molecular complexity index is 1300. The molecule has 0 aliphatic heterocycles. The lowest BCUT2D eigenvalue weighted by Gasteiger charge is -2.09. The number of nitrogens with zero attached hydrogens (tertiary/aromatic N) is 1. The largest absolute Gasteiger partial charge is 0.482 e. The average molecular weight is 472 g/mol. The Labute approximate surface area is 191 Å². The molecule has 0 unspecified atom stereocenters. The maximum absolute atomic E-state index is 12.8. The molecule has 0 saturated heterocycles. The summed E-state index contributed by atoms with van der Waals surface area (Å²) in [6.45, 7) is 1.46. The second-order valence-electron chi connectivity index (χ2n) is 7.37. The van der Waals surface area contributed by atoms with Crippen molar-refractivity contribution in [2.45, 2.75) is 23.7 Å². The number of alkyl halides is 3. The molecule has 4 aromatic rings. The maximum Gasteiger partial charge on any atom is 0.416 e. The fraction of sp³-hybridized carbons (Fsp3) is 0.167. The third kappa shape index (κ3) is 5.31. The van der Waals surface area contributed by atoms with Crippen molar-refractivity contribution in [3.63, 3.8) is 0 Å². The van der Waals surface area contributed by atoms with Gasteiger partial charge in [-0.1, -0.05) is 24.3 Å². The van der Waals surface area contributed by atoms with Gasteiger partial charge in [0.2, 0.25) is 0 Å². The highest BCUT2D eigenvalue weighted by molar-refractivity contribution is 7.98. The van der Waals surface area contributed by atoms with Crippen LogP contribution >= 0.6 is 11.8 Å². The average Bonchev–Trinajstić information content (AvgIpc) is 3.21. The number of ether oxygens (including phenoxy) is 1. The molecule has 0 saturated carbocycles. The molecule has 170 valence electrons. The summed E-state index contributed by atoms with van der Waals surface area (Å²) in [6.07, 6.45) is -4.38.